The number of halogens is 3. The number of amides is 3. The Bertz CT molecular complexity index is 1240. The maximum atomic E-state index is 13.2. The van der Waals surface area contributed by atoms with E-state index in [0.29, 0.717) is 24.2 Å². The van der Waals surface area contributed by atoms with Crippen LogP contribution in [-0.4, -0.2) is 65.2 Å². The minimum atomic E-state index is -4.61. The second kappa shape index (κ2) is 11.1. The van der Waals surface area contributed by atoms with E-state index in [9.17, 15) is 22.8 Å². The first-order valence-corrected chi connectivity index (χ1v) is 11.2. The van der Waals surface area contributed by atoms with Crippen LogP contribution in [-0.2, 0) is 6.18 Å². The van der Waals surface area contributed by atoms with E-state index < -0.39 is 23.8 Å². The van der Waals surface area contributed by atoms with E-state index >= 15 is 0 Å². The molecule has 0 saturated carbocycles. The van der Waals surface area contributed by atoms with Gasteiger partial charge in [-0.2, -0.15) is 13.2 Å². The number of urea groups is 1. The molecule has 35 heavy (non-hydrogen) atoms. The van der Waals surface area contributed by atoms with Crippen LogP contribution in [0, 0.1) is 0 Å². The molecule has 13 heteroatoms. The SMILES string of the molecule is CCNC(=O)Nc1cc(-c2nc(C(F)(F)F)cs2)c(-c2cncc(C(=O)N=CCN(C)C)c2)cn1. The molecular weight excluding hydrogens is 483 g/mol. The van der Waals surface area contributed by atoms with Gasteiger partial charge in [0.1, 0.15) is 10.8 Å². The first-order chi connectivity index (χ1) is 16.6. The highest BCUT2D eigenvalue weighted by Crippen LogP contribution is 2.38. The minimum Gasteiger partial charge on any atom is -0.338 e. The van der Waals surface area contributed by atoms with Crippen molar-refractivity contribution in [2.24, 2.45) is 4.99 Å². The molecule has 0 saturated heterocycles. The molecule has 0 atom stereocenters. The van der Waals surface area contributed by atoms with Crippen molar-refractivity contribution in [3.63, 3.8) is 0 Å². The molecule has 3 aromatic rings. The number of pyridine rings is 2. The first kappa shape index (κ1) is 25.9. The summed E-state index contributed by atoms with van der Waals surface area (Å²) in [6.07, 6.45) is 1.05. The molecule has 3 amide bonds. The largest absolute Gasteiger partial charge is 0.434 e. The Balaban J connectivity index is 2.04. The number of rotatable bonds is 7. The standard InChI is InChI=1S/C22H22F3N7O2S/c1-4-27-21(34)31-18-8-15(20-30-17(12-35-20)22(23,24)25)16(11-29-18)13-7-14(10-26-9-13)19(33)28-5-6-32(2)3/h5,7-12H,4,6H2,1-3H3,(H2,27,29,31,34). The topological polar surface area (TPSA) is 112 Å². The van der Waals surface area contributed by atoms with E-state index in [1.807, 2.05) is 19.0 Å². The maximum Gasteiger partial charge on any atom is 0.434 e. The Hall–Kier alpha value is -3.71. The summed E-state index contributed by atoms with van der Waals surface area (Å²) in [6.45, 7) is 2.59. The Labute approximate surface area is 203 Å². The molecular formula is C22H22F3N7O2S. The Kier molecular flexibility index (Phi) is 8.25. The molecule has 0 aliphatic heterocycles. The minimum absolute atomic E-state index is 0.0643. The molecule has 3 aromatic heterocycles. The van der Waals surface area contributed by atoms with E-state index in [2.05, 4.69) is 30.6 Å². The zero-order valence-electron chi connectivity index (χ0n) is 19.1. The van der Waals surface area contributed by atoms with Gasteiger partial charge in [0.05, 0.1) is 5.56 Å². The summed E-state index contributed by atoms with van der Waals surface area (Å²) in [4.78, 5) is 42.1. The van der Waals surface area contributed by atoms with Gasteiger partial charge in [0.25, 0.3) is 5.91 Å². The molecule has 0 aliphatic carbocycles. The fourth-order valence-electron chi connectivity index (χ4n) is 2.85. The van der Waals surface area contributed by atoms with Gasteiger partial charge in [0.15, 0.2) is 5.69 Å². The lowest BCUT2D eigenvalue weighted by Gasteiger charge is -2.11. The number of carbonyl (C=O) groups is 2. The zero-order chi connectivity index (χ0) is 25.6. The molecule has 3 heterocycles. The van der Waals surface area contributed by atoms with Gasteiger partial charge in [0, 0.05) is 60.0 Å². The molecule has 0 fully saturated rings. The summed E-state index contributed by atoms with van der Waals surface area (Å²) in [5, 5.41) is 6.06. The lowest BCUT2D eigenvalue weighted by Crippen LogP contribution is -2.28. The second-order valence-corrected chi connectivity index (χ2v) is 8.33. The highest BCUT2D eigenvalue weighted by atomic mass is 32.1. The van der Waals surface area contributed by atoms with Gasteiger partial charge >= 0.3 is 12.2 Å². The second-order valence-electron chi connectivity index (χ2n) is 7.48. The van der Waals surface area contributed by atoms with E-state index in [4.69, 9.17) is 0 Å². The number of nitrogens with one attached hydrogen (secondary N) is 2. The highest BCUT2D eigenvalue weighted by Gasteiger charge is 2.34. The normalized spacial score (nSPS) is 11.7. The lowest BCUT2D eigenvalue weighted by molar-refractivity contribution is -0.140. The highest BCUT2D eigenvalue weighted by molar-refractivity contribution is 7.13. The van der Waals surface area contributed by atoms with Crippen molar-refractivity contribution in [3.05, 3.63) is 47.4 Å². The van der Waals surface area contributed by atoms with Gasteiger partial charge in [-0.1, -0.05) is 0 Å². The Morgan fingerprint density at radius 1 is 1.17 bits per heavy atom. The van der Waals surface area contributed by atoms with E-state index in [0.717, 1.165) is 16.7 Å². The van der Waals surface area contributed by atoms with E-state index in [1.54, 1.807) is 6.92 Å². The molecule has 0 bridgehead atoms. The average molecular weight is 506 g/mol. The number of hydrogen-bond acceptors (Lipinski definition) is 7. The van der Waals surface area contributed by atoms with Crippen molar-refractivity contribution in [3.8, 4) is 21.7 Å². The van der Waals surface area contributed by atoms with Crippen LogP contribution in [0.4, 0.5) is 23.8 Å². The monoisotopic (exact) mass is 505 g/mol. The molecule has 0 aliphatic rings. The third-order valence-electron chi connectivity index (χ3n) is 4.46. The van der Waals surface area contributed by atoms with Crippen LogP contribution in [0.5, 0.6) is 0 Å². The number of alkyl halides is 3. The van der Waals surface area contributed by atoms with Crippen LogP contribution in [0.25, 0.3) is 21.7 Å². The van der Waals surface area contributed by atoms with Crippen LogP contribution in [0.15, 0.2) is 41.1 Å². The lowest BCUT2D eigenvalue weighted by atomic mass is 10.0. The molecule has 9 nitrogen and oxygen atoms in total. The predicted octanol–water partition coefficient (Wildman–Crippen LogP) is 4.20. The Morgan fingerprint density at radius 3 is 2.60 bits per heavy atom. The maximum absolute atomic E-state index is 13.2. The smallest absolute Gasteiger partial charge is 0.338 e. The third kappa shape index (κ3) is 6.90. The van der Waals surface area contributed by atoms with Crippen LogP contribution >= 0.6 is 11.3 Å². The van der Waals surface area contributed by atoms with Crippen LogP contribution in [0.3, 0.4) is 0 Å². The number of carbonyl (C=O) groups excluding carboxylic acids is 2. The van der Waals surface area contributed by atoms with Gasteiger partial charge < -0.3 is 10.2 Å². The van der Waals surface area contributed by atoms with Crippen molar-refractivity contribution in [2.75, 3.05) is 32.5 Å². The molecule has 2 N–H and O–H groups in total. The summed E-state index contributed by atoms with van der Waals surface area (Å²) in [6, 6.07) is 2.43. The molecule has 3 rings (SSSR count). The van der Waals surface area contributed by atoms with Gasteiger partial charge in [0.2, 0.25) is 0 Å². The summed E-state index contributed by atoms with van der Waals surface area (Å²) in [7, 11) is 3.67. The number of thiazole rings is 1. The third-order valence-corrected chi connectivity index (χ3v) is 5.34. The Morgan fingerprint density at radius 2 is 1.94 bits per heavy atom. The zero-order valence-corrected chi connectivity index (χ0v) is 19.9. The van der Waals surface area contributed by atoms with Gasteiger partial charge in [-0.25, -0.2) is 19.8 Å². The quantitative estimate of drug-likeness (QED) is 0.466. The summed E-state index contributed by atoms with van der Waals surface area (Å²) < 4.78 is 39.5. The number of hydrogen-bond donors (Lipinski definition) is 2. The van der Waals surface area contributed by atoms with E-state index in [-0.39, 0.29) is 22.0 Å². The van der Waals surface area contributed by atoms with E-state index in [1.165, 1.54) is 36.9 Å². The van der Waals surface area contributed by atoms with Crippen molar-refractivity contribution in [1.29, 1.82) is 0 Å². The number of nitrogens with zero attached hydrogens (tertiary/aromatic N) is 5. The van der Waals surface area contributed by atoms with Crippen molar-refractivity contribution in [1.82, 2.24) is 25.2 Å². The van der Waals surface area contributed by atoms with Gasteiger partial charge in [-0.3, -0.25) is 15.1 Å². The summed E-state index contributed by atoms with van der Waals surface area (Å²) in [5.41, 5.74) is 0.261. The number of anilines is 1. The van der Waals surface area contributed by atoms with Crippen LogP contribution in [0.2, 0.25) is 0 Å². The van der Waals surface area contributed by atoms with Crippen LogP contribution < -0.4 is 10.6 Å². The predicted molar refractivity (Wildman–Crippen MR) is 128 cm³/mol. The van der Waals surface area contributed by atoms with Crippen molar-refractivity contribution >= 4 is 35.3 Å². The average Bonchev–Trinajstić information content (AvgIpc) is 3.30. The molecule has 184 valence electrons. The fraction of sp³-hybridized carbons (Fsp3) is 0.273. The molecule has 0 unspecified atom stereocenters. The van der Waals surface area contributed by atoms with Crippen LogP contribution in [0.1, 0.15) is 23.0 Å². The van der Waals surface area contributed by atoms with Crippen molar-refractivity contribution < 1.29 is 22.8 Å². The molecule has 0 aromatic carbocycles. The first-order valence-electron chi connectivity index (χ1n) is 10.3. The summed E-state index contributed by atoms with van der Waals surface area (Å²) in [5.74, 6) is -0.397. The van der Waals surface area contributed by atoms with Gasteiger partial charge in [-0.15, -0.1) is 11.3 Å². The van der Waals surface area contributed by atoms with Gasteiger partial charge in [-0.05, 0) is 33.2 Å². The fourth-order valence-corrected chi connectivity index (χ4v) is 3.70. The number of aromatic nitrogens is 3. The summed E-state index contributed by atoms with van der Waals surface area (Å²) >= 11 is 0.798. The molecule has 0 spiro atoms. The van der Waals surface area contributed by atoms with Crippen molar-refractivity contribution in [2.45, 2.75) is 13.1 Å². The number of aliphatic imine (C=N–C) groups is 1. The molecule has 0 radical (unpaired) electrons.